The number of hydrogen-bond donors (Lipinski definition) is 3. The molecule has 1 heterocycles. The Labute approximate surface area is 271 Å². The predicted molar refractivity (Wildman–Crippen MR) is 181 cm³/mol. The van der Waals surface area contributed by atoms with Gasteiger partial charge in [-0.1, -0.05) is 52.3 Å². The van der Waals surface area contributed by atoms with E-state index in [1.807, 2.05) is 37.3 Å². The molecule has 0 unspecified atom stereocenters. The van der Waals surface area contributed by atoms with E-state index >= 15 is 0 Å². The normalized spacial score (nSPS) is 14.0. The lowest BCUT2D eigenvalue weighted by Crippen LogP contribution is -2.49. The first-order valence-corrected chi connectivity index (χ1v) is 15.8. The molecule has 1 aliphatic heterocycles. The van der Waals surface area contributed by atoms with Crippen LogP contribution in [0.5, 0.6) is 5.75 Å². The fourth-order valence-electron chi connectivity index (χ4n) is 6.11. The molecular formula is C36H37BrN3O5+. The van der Waals surface area contributed by atoms with Crippen LogP contribution < -0.4 is 20.1 Å². The fourth-order valence-corrected chi connectivity index (χ4v) is 6.60. The Kier molecular flexibility index (Phi) is 9.70. The van der Waals surface area contributed by atoms with Crippen LogP contribution in [0.15, 0.2) is 83.3 Å². The summed E-state index contributed by atoms with van der Waals surface area (Å²) in [4.78, 5) is 36.4. The number of nitrogens with zero attached hydrogens (tertiary/aromatic N) is 1. The lowest BCUT2D eigenvalue weighted by Gasteiger charge is -2.42. The van der Waals surface area contributed by atoms with Gasteiger partial charge in [-0.15, -0.1) is 0 Å². The van der Waals surface area contributed by atoms with Gasteiger partial charge >= 0.3 is 5.97 Å². The number of hydrogen-bond acceptors (Lipinski definition) is 5. The molecule has 0 bridgehead atoms. The number of anilines is 1. The van der Waals surface area contributed by atoms with Crippen LogP contribution in [0.1, 0.15) is 58.0 Å². The Balaban J connectivity index is 1.41. The third-order valence-corrected chi connectivity index (χ3v) is 9.29. The zero-order valence-corrected chi connectivity index (χ0v) is 27.2. The number of piperidine rings is 1. The van der Waals surface area contributed by atoms with Gasteiger partial charge in [0.05, 0.1) is 26.6 Å². The van der Waals surface area contributed by atoms with E-state index in [4.69, 9.17) is 4.74 Å². The lowest BCUT2D eigenvalue weighted by molar-refractivity contribution is -0.119. The van der Waals surface area contributed by atoms with Gasteiger partial charge < -0.3 is 9.84 Å². The highest BCUT2D eigenvalue weighted by atomic mass is 79.9. The lowest BCUT2D eigenvalue weighted by atomic mass is 9.99. The number of carboxylic acid groups (broad SMARTS) is 1. The number of ether oxygens (including phenoxy) is 1. The SMILES string of the molecule is COc1cc(CC(=O)NNc2c(C)cccc2[N+]2(c3ccc(-c4ccc(C(C)=O)cc4)cc3)CCCCC2)c(Br)cc1C(=O)O. The van der Waals surface area contributed by atoms with Crippen molar-refractivity contribution in [2.75, 3.05) is 25.6 Å². The van der Waals surface area contributed by atoms with Crippen LogP contribution in [0.2, 0.25) is 0 Å². The minimum Gasteiger partial charge on any atom is -0.496 e. The number of para-hydroxylation sites is 1. The van der Waals surface area contributed by atoms with Crippen molar-refractivity contribution in [1.82, 2.24) is 9.91 Å². The van der Waals surface area contributed by atoms with Crippen molar-refractivity contribution in [3.8, 4) is 16.9 Å². The van der Waals surface area contributed by atoms with E-state index in [9.17, 15) is 19.5 Å². The average molecular weight is 672 g/mol. The van der Waals surface area contributed by atoms with E-state index in [2.05, 4.69) is 63.2 Å². The minimum atomic E-state index is -1.11. The van der Waals surface area contributed by atoms with E-state index in [-0.39, 0.29) is 29.4 Å². The molecule has 1 aliphatic rings. The standard InChI is InChI=1S/C36H36BrN3O5/c1-23-8-7-9-32(35(23)39-38-34(42)21-28-20-33(45-3)30(36(43)44)22-31(28)37)40(18-5-4-6-19-40)29-16-14-27(15-17-29)26-12-10-25(11-13-26)24(2)41/h7-17,20,22,39H,4-6,18-19,21H2,1-3H3,(H-,38,42,43,44)/p+1. The smallest absolute Gasteiger partial charge is 0.339 e. The number of Topliss-reactive ketones (excluding diaryl/α,β-unsaturated/α-hetero) is 1. The van der Waals surface area contributed by atoms with Gasteiger partial charge in [-0.25, -0.2) is 4.79 Å². The van der Waals surface area contributed by atoms with Gasteiger partial charge in [-0.2, -0.15) is 0 Å². The van der Waals surface area contributed by atoms with Crippen LogP contribution in [0.4, 0.5) is 17.1 Å². The first-order valence-electron chi connectivity index (χ1n) is 15.0. The molecule has 0 radical (unpaired) electrons. The van der Waals surface area contributed by atoms with Crippen molar-refractivity contribution in [2.24, 2.45) is 0 Å². The quantitative estimate of drug-likeness (QED) is 0.0902. The number of rotatable bonds is 10. The van der Waals surface area contributed by atoms with Crippen LogP contribution >= 0.6 is 15.9 Å². The third kappa shape index (κ3) is 6.79. The zero-order chi connectivity index (χ0) is 32.1. The number of nitrogens with one attached hydrogen (secondary N) is 2. The molecule has 0 atom stereocenters. The number of methoxy groups -OCH3 is 1. The topological polar surface area (TPSA) is 105 Å². The Morgan fingerprint density at radius 3 is 2.16 bits per heavy atom. The van der Waals surface area contributed by atoms with Crippen molar-refractivity contribution in [2.45, 2.75) is 39.5 Å². The summed E-state index contributed by atoms with van der Waals surface area (Å²) in [6, 6.07) is 25.6. The van der Waals surface area contributed by atoms with E-state index in [1.165, 1.54) is 25.3 Å². The molecule has 4 aromatic rings. The molecule has 1 amide bonds. The fraction of sp³-hybridized carbons (Fsp3) is 0.250. The largest absolute Gasteiger partial charge is 0.496 e. The molecule has 0 aliphatic carbocycles. The number of hydrazine groups is 1. The maximum absolute atomic E-state index is 13.2. The summed E-state index contributed by atoms with van der Waals surface area (Å²) >= 11 is 3.40. The van der Waals surface area contributed by atoms with Crippen LogP contribution in [0.25, 0.3) is 11.1 Å². The minimum absolute atomic E-state index is 0.0138. The Hall–Kier alpha value is -4.47. The van der Waals surface area contributed by atoms with Crippen molar-refractivity contribution in [1.29, 1.82) is 0 Å². The van der Waals surface area contributed by atoms with E-state index in [1.54, 1.807) is 13.0 Å². The van der Waals surface area contributed by atoms with Crippen LogP contribution in [-0.4, -0.2) is 43.0 Å². The summed E-state index contributed by atoms with van der Waals surface area (Å²) in [5.41, 5.74) is 13.7. The maximum atomic E-state index is 13.2. The van der Waals surface area contributed by atoms with Gasteiger partial charge in [-0.3, -0.25) is 24.9 Å². The van der Waals surface area contributed by atoms with E-state index < -0.39 is 5.97 Å². The molecule has 0 saturated carbocycles. The van der Waals surface area contributed by atoms with Gasteiger partial charge in [0, 0.05) is 28.2 Å². The van der Waals surface area contributed by atoms with Gasteiger partial charge in [0.25, 0.3) is 0 Å². The highest BCUT2D eigenvalue weighted by Gasteiger charge is 2.38. The summed E-state index contributed by atoms with van der Waals surface area (Å²) in [6.45, 7) is 5.46. The molecule has 5 rings (SSSR count). The molecule has 4 aromatic carbocycles. The second-order valence-corrected chi connectivity index (χ2v) is 12.3. The summed E-state index contributed by atoms with van der Waals surface area (Å²) in [5.74, 6) is -1.14. The molecule has 45 heavy (non-hydrogen) atoms. The highest BCUT2D eigenvalue weighted by Crippen LogP contribution is 2.44. The maximum Gasteiger partial charge on any atom is 0.339 e. The number of benzene rings is 4. The summed E-state index contributed by atoms with van der Waals surface area (Å²) in [6.07, 6.45) is 3.34. The number of aromatic carboxylic acids is 1. The summed E-state index contributed by atoms with van der Waals surface area (Å²) < 4.78 is 6.42. The zero-order valence-electron chi connectivity index (χ0n) is 25.7. The molecule has 0 aromatic heterocycles. The number of carbonyl (C=O) groups excluding carboxylic acids is 2. The van der Waals surface area contributed by atoms with Crippen LogP contribution in [0, 0.1) is 6.92 Å². The first-order chi connectivity index (χ1) is 21.6. The van der Waals surface area contributed by atoms with Crippen molar-refractivity contribution in [3.63, 3.8) is 0 Å². The molecular weight excluding hydrogens is 634 g/mol. The third-order valence-electron chi connectivity index (χ3n) is 8.55. The first kappa shape index (κ1) is 31.9. The molecule has 1 fully saturated rings. The molecule has 8 nitrogen and oxygen atoms in total. The predicted octanol–water partition coefficient (Wildman–Crippen LogP) is 7.84. The monoisotopic (exact) mass is 670 g/mol. The van der Waals surface area contributed by atoms with Gasteiger partial charge in [0.2, 0.25) is 5.91 Å². The van der Waals surface area contributed by atoms with Crippen LogP contribution in [-0.2, 0) is 11.2 Å². The summed E-state index contributed by atoms with van der Waals surface area (Å²) in [7, 11) is 1.40. The number of carboxylic acids is 1. The molecule has 232 valence electrons. The number of ketones is 1. The van der Waals surface area contributed by atoms with E-state index in [0.717, 1.165) is 54.0 Å². The number of quaternary nitrogens is 1. The molecule has 1 saturated heterocycles. The van der Waals surface area contributed by atoms with E-state index in [0.29, 0.717) is 20.1 Å². The summed E-state index contributed by atoms with van der Waals surface area (Å²) in [5, 5.41) is 9.46. The Morgan fingerprint density at radius 2 is 1.56 bits per heavy atom. The van der Waals surface area contributed by atoms with Crippen LogP contribution in [0.3, 0.4) is 0 Å². The van der Waals surface area contributed by atoms with Gasteiger partial charge in [-0.05, 0) is 79.6 Å². The van der Waals surface area contributed by atoms with Gasteiger partial charge in [0.1, 0.15) is 22.7 Å². The van der Waals surface area contributed by atoms with Crippen molar-refractivity contribution < 1.29 is 24.2 Å². The number of aryl methyl sites for hydroxylation is 1. The Morgan fingerprint density at radius 1 is 0.911 bits per heavy atom. The Bertz CT molecular complexity index is 1730. The average Bonchev–Trinajstić information content (AvgIpc) is 3.05. The molecule has 0 spiro atoms. The highest BCUT2D eigenvalue weighted by molar-refractivity contribution is 9.10. The van der Waals surface area contributed by atoms with Crippen molar-refractivity contribution in [3.05, 3.63) is 106 Å². The van der Waals surface area contributed by atoms with Crippen molar-refractivity contribution >= 4 is 50.7 Å². The molecule has 9 heteroatoms. The number of halogens is 1. The number of amides is 1. The van der Waals surface area contributed by atoms with Gasteiger partial charge in [0.15, 0.2) is 11.5 Å². The second-order valence-electron chi connectivity index (χ2n) is 11.4. The number of carbonyl (C=O) groups is 3. The second kappa shape index (κ2) is 13.7. The molecule has 3 N–H and O–H groups in total.